The lowest BCUT2D eigenvalue weighted by Crippen LogP contribution is -2.29. The first-order valence-electron chi connectivity index (χ1n) is 3.48. The summed E-state index contributed by atoms with van der Waals surface area (Å²) in [4.78, 5) is 10.9. The number of pyridine rings is 1. The van der Waals surface area contributed by atoms with Gasteiger partial charge in [0.05, 0.1) is 7.11 Å². The number of amides is 1. The van der Waals surface area contributed by atoms with E-state index in [9.17, 15) is 4.79 Å². The third-order valence-electron chi connectivity index (χ3n) is 1.54. The molecule has 2 N–H and O–H groups in total. The standard InChI is InChI=1S/C8H10N2O2/c1-10-4-3-7(12-2)6(5-10)8(9)11/h3-5H,1-2H3,(H-,9,11)/p+1. The number of nitrogens with zero attached hydrogens (tertiary/aromatic N) is 1. The van der Waals surface area contributed by atoms with Crippen molar-refractivity contribution in [1.29, 1.82) is 0 Å². The predicted octanol–water partition coefficient (Wildman–Crippen LogP) is -0.381. The maximum atomic E-state index is 10.9. The maximum absolute atomic E-state index is 10.9. The lowest BCUT2D eigenvalue weighted by molar-refractivity contribution is -0.671. The van der Waals surface area contributed by atoms with Gasteiger partial charge in [-0.15, -0.1) is 0 Å². The average Bonchev–Trinajstić information content (AvgIpc) is 2.04. The van der Waals surface area contributed by atoms with Crippen LogP contribution in [0.15, 0.2) is 18.5 Å². The molecular weight excluding hydrogens is 156 g/mol. The van der Waals surface area contributed by atoms with E-state index in [4.69, 9.17) is 10.5 Å². The van der Waals surface area contributed by atoms with E-state index < -0.39 is 5.91 Å². The van der Waals surface area contributed by atoms with Crippen LogP contribution in [0.25, 0.3) is 0 Å². The van der Waals surface area contributed by atoms with Gasteiger partial charge >= 0.3 is 0 Å². The Balaban J connectivity index is 3.21. The Morgan fingerprint density at radius 3 is 2.83 bits per heavy atom. The highest BCUT2D eigenvalue weighted by Crippen LogP contribution is 2.13. The minimum atomic E-state index is -0.483. The number of carbonyl (C=O) groups excluding carboxylic acids is 1. The molecule has 0 saturated heterocycles. The van der Waals surface area contributed by atoms with Crippen LogP contribution in [0, 0.1) is 0 Å². The Bertz CT molecular complexity index is 310. The number of hydrogen-bond donors (Lipinski definition) is 1. The Kier molecular flexibility index (Phi) is 2.28. The van der Waals surface area contributed by atoms with Crippen LogP contribution in [0.5, 0.6) is 5.75 Å². The molecule has 0 aliphatic rings. The van der Waals surface area contributed by atoms with Gasteiger partial charge in [0.1, 0.15) is 18.4 Å². The first-order chi connectivity index (χ1) is 5.65. The van der Waals surface area contributed by atoms with Crippen molar-refractivity contribution in [3.8, 4) is 5.75 Å². The molecule has 0 aliphatic heterocycles. The molecule has 1 amide bonds. The molecule has 0 bridgehead atoms. The minimum absolute atomic E-state index is 0.391. The van der Waals surface area contributed by atoms with Gasteiger partial charge in [-0.25, -0.2) is 4.57 Å². The lowest BCUT2D eigenvalue weighted by Gasteiger charge is -2.01. The van der Waals surface area contributed by atoms with Crippen molar-refractivity contribution in [1.82, 2.24) is 0 Å². The number of hydrogen-bond acceptors (Lipinski definition) is 2. The van der Waals surface area contributed by atoms with Gasteiger partial charge in [0, 0.05) is 6.07 Å². The molecular formula is C8H11N2O2+. The summed E-state index contributed by atoms with van der Waals surface area (Å²) < 4.78 is 6.69. The SMILES string of the molecule is COc1cc[n+](C)cc1C(N)=O. The Hall–Kier alpha value is -1.58. The molecule has 0 fully saturated rings. The molecule has 64 valence electrons. The lowest BCUT2D eigenvalue weighted by atomic mass is 10.2. The predicted molar refractivity (Wildman–Crippen MR) is 42.7 cm³/mol. The zero-order valence-electron chi connectivity index (χ0n) is 7.07. The van der Waals surface area contributed by atoms with Crippen molar-refractivity contribution in [3.05, 3.63) is 24.0 Å². The van der Waals surface area contributed by atoms with Crippen LogP contribution >= 0.6 is 0 Å². The van der Waals surface area contributed by atoms with E-state index in [2.05, 4.69) is 0 Å². The van der Waals surface area contributed by atoms with Gasteiger partial charge in [0.15, 0.2) is 12.4 Å². The quantitative estimate of drug-likeness (QED) is 0.610. The van der Waals surface area contributed by atoms with Crippen LogP contribution in [0.3, 0.4) is 0 Å². The van der Waals surface area contributed by atoms with E-state index in [1.165, 1.54) is 7.11 Å². The van der Waals surface area contributed by atoms with Crippen molar-refractivity contribution in [2.75, 3.05) is 7.11 Å². The number of aromatic nitrogens is 1. The molecule has 4 nitrogen and oxygen atoms in total. The summed E-state index contributed by atoms with van der Waals surface area (Å²) in [5.74, 6) is 0.0173. The van der Waals surface area contributed by atoms with E-state index in [1.807, 2.05) is 7.05 Å². The molecule has 4 heteroatoms. The van der Waals surface area contributed by atoms with Gasteiger partial charge in [-0.2, -0.15) is 0 Å². The van der Waals surface area contributed by atoms with Crippen LogP contribution in [0.4, 0.5) is 0 Å². The van der Waals surface area contributed by atoms with Gasteiger partial charge in [0.25, 0.3) is 5.91 Å². The fraction of sp³-hybridized carbons (Fsp3) is 0.250. The Morgan fingerprint density at radius 1 is 1.67 bits per heavy atom. The van der Waals surface area contributed by atoms with Crippen molar-refractivity contribution in [2.24, 2.45) is 12.8 Å². The first kappa shape index (κ1) is 8.52. The zero-order valence-corrected chi connectivity index (χ0v) is 7.07. The summed E-state index contributed by atoms with van der Waals surface area (Å²) in [5.41, 5.74) is 5.52. The fourth-order valence-corrected chi connectivity index (χ4v) is 0.948. The topological polar surface area (TPSA) is 56.2 Å². The molecule has 1 aromatic rings. The monoisotopic (exact) mass is 167 g/mol. The van der Waals surface area contributed by atoms with Crippen LogP contribution < -0.4 is 15.0 Å². The molecule has 0 radical (unpaired) electrons. The van der Waals surface area contributed by atoms with Crippen molar-refractivity contribution in [2.45, 2.75) is 0 Å². The normalized spacial score (nSPS) is 9.50. The van der Waals surface area contributed by atoms with Crippen LogP contribution in [-0.2, 0) is 7.05 Å². The van der Waals surface area contributed by atoms with Gasteiger partial charge in [-0.1, -0.05) is 0 Å². The molecule has 0 aromatic carbocycles. The highest BCUT2D eigenvalue weighted by Gasteiger charge is 2.12. The number of nitrogens with two attached hydrogens (primary N) is 1. The second-order valence-electron chi connectivity index (χ2n) is 2.46. The minimum Gasteiger partial charge on any atom is -0.495 e. The molecule has 0 aliphatic carbocycles. The highest BCUT2D eigenvalue weighted by molar-refractivity contribution is 5.94. The fourth-order valence-electron chi connectivity index (χ4n) is 0.948. The van der Waals surface area contributed by atoms with E-state index in [0.717, 1.165) is 0 Å². The van der Waals surface area contributed by atoms with E-state index >= 15 is 0 Å². The molecule has 1 rings (SSSR count). The molecule has 0 spiro atoms. The van der Waals surface area contributed by atoms with Crippen molar-refractivity contribution < 1.29 is 14.1 Å². The van der Waals surface area contributed by atoms with Gasteiger partial charge < -0.3 is 10.5 Å². The molecule has 12 heavy (non-hydrogen) atoms. The summed E-state index contributed by atoms with van der Waals surface area (Å²) in [6, 6.07) is 1.69. The van der Waals surface area contributed by atoms with Gasteiger partial charge in [-0.05, 0) is 0 Å². The first-order valence-corrected chi connectivity index (χ1v) is 3.48. The molecule has 0 unspecified atom stereocenters. The molecule has 0 saturated carbocycles. The molecule has 1 heterocycles. The highest BCUT2D eigenvalue weighted by atomic mass is 16.5. The largest absolute Gasteiger partial charge is 0.495 e. The van der Waals surface area contributed by atoms with Gasteiger partial charge in [-0.3, -0.25) is 4.79 Å². The van der Waals surface area contributed by atoms with Crippen LogP contribution in [0.1, 0.15) is 10.4 Å². The van der Waals surface area contributed by atoms with Crippen LogP contribution in [0.2, 0.25) is 0 Å². The van der Waals surface area contributed by atoms with E-state index in [1.54, 1.807) is 23.0 Å². The van der Waals surface area contributed by atoms with Crippen LogP contribution in [-0.4, -0.2) is 13.0 Å². The maximum Gasteiger partial charge on any atom is 0.258 e. The summed E-state index contributed by atoms with van der Waals surface area (Å²) in [7, 11) is 3.31. The number of ether oxygens (including phenoxy) is 1. The summed E-state index contributed by atoms with van der Waals surface area (Å²) in [5, 5.41) is 0. The summed E-state index contributed by atoms with van der Waals surface area (Å²) in [6.07, 6.45) is 3.41. The Labute approximate surface area is 70.6 Å². The summed E-state index contributed by atoms with van der Waals surface area (Å²) in [6.45, 7) is 0. The van der Waals surface area contributed by atoms with Crippen molar-refractivity contribution >= 4 is 5.91 Å². The third-order valence-corrected chi connectivity index (χ3v) is 1.54. The number of rotatable bonds is 2. The Morgan fingerprint density at radius 2 is 2.33 bits per heavy atom. The number of methoxy groups -OCH3 is 1. The number of primary amides is 1. The number of carbonyl (C=O) groups is 1. The van der Waals surface area contributed by atoms with Gasteiger partial charge in [0.2, 0.25) is 0 Å². The smallest absolute Gasteiger partial charge is 0.258 e. The van der Waals surface area contributed by atoms with E-state index in [-0.39, 0.29) is 0 Å². The molecule has 0 atom stereocenters. The second kappa shape index (κ2) is 3.21. The van der Waals surface area contributed by atoms with Crippen molar-refractivity contribution in [3.63, 3.8) is 0 Å². The molecule has 1 aromatic heterocycles. The van der Waals surface area contributed by atoms with E-state index in [0.29, 0.717) is 11.3 Å². The summed E-state index contributed by atoms with van der Waals surface area (Å²) >= 11 is 0. The third kappa shape index (κ3) is 1.53. The zero-order chi connectivity index (χ0) is 9.14. The second-order valence-corrected chi connectivity index (χ2v) is 2.46. The average molecular weight is 167 g/mol. The number of aryl methyl sites for hydroxylation is 1.